The Balaban J connectivity index is 2.24. The number of halogens is 6. The van der Waals surface area contributed by atoms with Crippen LogP contribution in [0.5, 0.6) is 0 Å². The average molecular weight is 411 g/mol. The minimum Gasteiger partial charge on any atom is -0.466 e. The molecule has 0 aromatic heterocycles. The van der Waals surface area contributed by atoms with Crippen LogP contribution in [0, 0.1) is 5.92 Å². The van der Waals surface area contributed by atoms with E-state index in [0.29, 0.717) is 6.07 Å². The van der Waals surface area contributed by atoms with E-state index in [1.54, 1.807) is 6.92 Å². The lowest BCUT2D eigenvalue weighted by Gasteiger charge is -2.23. The molecule has 10 heteroatoms. The number of hydrogen-bond donors (Lipinski definition) is 0. The molecule has 1 aromatic carbocycles. The van der Waals surface area contributed by atoms with Gasteiger partial charge in [0.15, 0.2) is 0 Å². The Morgan fingerprint density at radius 1 is 1.14 bits per heavy atom. The first-order valence-electron chi connectivity index (χ1n) is 8.65. The summed E-state index contributed by atoms with van der Waals surface area (Å²) in [6.07, 6.45) is -9.53. The number of esters is 1. The lowest BCUT2D eigenvalue weighted by molar-refractivity contribution is -0.148. The molecule has 1 atom stereocenters. The summed E-state index contributed by atoms with van der Waals surface area (Å²) < 4.78 is 83.0. The Hall–Kier alpha value is -2.26. The van der Waals surface area contributed by atoms with E-state index in [1.165, 1.54) is 0 Å². The molecule has 4 nitrogen and oxygen atoms in total. The zero-order chi connectivity index (χ0) is 21.1. The predicted octanol–water partition coefficient (Wildman–Crippen LogP) is 4.42. The van der Waals surface area contributed by atoms with Crippen LogP contribution < -0.4 is 0 Å². The van der Waals surface area contributed by atoms with Gasteiger partial charge in [-0.25, -0.2) is 0 Å². The van der Waals surface area contributed by atoms with Crippen LogP contribution in [0.4, 0.5) is 26.3 Å². The van der Waals surface area contributed by atoms with Crippen LogP contribution in [0.3, 0.4) is 0 Å². The number of carbonyl (C=O) groups excluding carboxylic acids is 2. The fourth-order valence-corrected chi connectivity index (χ4v) is 3.06. The van der Waals surface area contributed by atoms with E-state index in [1.807, 2.05) is 0 Å². The zero-order valence-electron chi connectivity index (χ0n) is 15.0. The van der Waals surface area contributed by atoms with Gasteiger partial charge in [-0.2, -0.15) is 26.3 Å². The number of carbonyl (C=O) groups is 2. The SMILES string of the molecule is CCOC(=O)C1CCC(=O)N(Cc2ccc(C(F)(F)F)cc2C(F)(F)F)CC1. The molecule has 1 aliphatic rings. The maximum Gasteiger partial charge on any atom is 0.416 e. The fourth-order valence-electron chi connectivity index (χ4n) is 3.06. The van der Waals surface area contributed by atoms with Crippen molar-refractivity contribution < 1.29 is 40.7 Å². The monoisotopic (exact) mass is 411 g/mol. The molecular weight excluding hydrogens is 392 g/mol. The van der Waals surface area contributed by atoms with Crippen molar-refractivity contribution in [1.29, 1.82) is 0 Å². The van der Waals surface area contributed by atoms with Crippen molar-refractivity contribution >= 4 is 11.9 Å². The number of hydrogen-bond acceptors (Lipinski definition) is 3. The Morgan fingerprint density at radius 3 is 2.39 bits per heavy atom. The van der Waals surface area contributed by atoms with Crippen molar-refractivity contribution in [3.05, 3.63) is 34.9 Å². The quantitative estimate of drug-likeness (QED) is 0.545. The second-order valence-electron chi connectivity index (χ2n) is 6.46. The van der Waals surface area contributed by atoms with Crippen molar-refractivity contribution in [3.63, 3.8) is 0 Å². The molecule has 1 aliphatic heterocycles. The molecule has 0 bridgehead atoms. The molecule has 2 rings (SSSR count). The number of benzene rings is 1. The third-order valence-corrected chi connectivity index (χ3v) is 4.53. The van der Waals surface area contributed by atoms with Crippen molar-refractivity contribution in [2.45, 2.75) is 45.1 Å². The van der Waals surface area contributed by atoms with Gasteiger partial charge in [0.1, 0.15) is 0 Å². The van der Waals surface area contributed by atoms with Gasteiger partial charge in [0.05, 0.1) is 23.7 Å². The van der Waals surface area contributed by atoms with E-state index in [4.69, 9.17) is 4.74 Å². The molecule has 1 unspecified atom stereocenters. The highest BCUT2D eigenvalue weighted by atomic mass is 19.4. The van der Waals surface area contributed by atoms with Gasteiger partial charge in [0, 0.05) is 19.5 Å². The summed E-state index contributed by atoms with van der Waals surface area (Å²) in [6, 6.07) is 1.36. The highest BCUT2D eigenvalue weighted by Gasteiger charge is 2.39. The lowest BCUT2D eigenvalue weighted by Crippen LogP contribution is -2.31. The Bertz CT molecular complexity index is 729. The van der Waals surface area contributed by atoms with Crippen molar-refractivity contribution in [3.8, 4) is 0 Å². The predicted molar refractivity (Wildman–Crippen MR) is 85.8 cm³/mol. The minimum absolute atomic E-state index is 0.0145. The minimum atomic E-state index is -5.00. The van der Waals surface area contributed by atoms with Crippen LogP contribution in [-0.2, 0) is 33.2 Å². The lowest BCUT2D eigenvalue weighted by atomic mass is 10.0. The van der Waals surface area contributed by atoms with E-state index >= 15 is 0 Å². The molecule has 0 saturated carbocycles. The first-order valence-corrected chi connectivity index (χ1v) is 8.65. The molecule has 0 radical (unpaired) electrons. The molecule has 156 valence electrons. The van der Waals surface area contributed by atoms with Gasteiger partial charge >= 0.3 is 18.3 Å². The number of nitrogens with zero attached hydrogens (tertiary/aromatic N) is 1. The van der Waals surface area contributed by atoms with Crippen molar-refractivity contribution in [1.82, 2.24) is 4.90 Å². The molecule has 0 spiro atoms. The van der Waals surface area contributed by atoms with Gasteiger partial charge < -0.3 is 9.64 Å². The summed E-state index contributed by atoms with van der Waals surface area (Å²) in [7, 11) is 0. The first kappa shape index (κ1) is 22.0. The standard InChI is InChI=1S/C18H19F6NO3/c1-2-28-16(27)11-4-6-15(26)25(8-7-11)10-12-3-5-13(17(19,20)21)9-14(12)18(22,23)24/h3,5,9,11H,2,4,6-8,10H2,1H3. The summed E-state index contributed by atoms with van der Waals surface area (Å²) in [5, 5.41) is 0. The van der Waals surface area contributed by atoms with E-state index < -0.39 is 53.4 Å². The van der Waals surface area contributed by atoms with Crippen molar-refractivity contribution in [2.75, 3.05) is 13.2 Å². The van der Waals surface area contributed by atoms with Gasteiger partial charge in [-0.05, 0) is 37.5 Å². The second-order valence-corrected chi connectivity index (χ2v) is 6.46. The third-order valence-electron chi connectivity index (χ3n) is 4.53. The summed E-state index contributed by atoms with van der Waals surface area (Å²) >= 11 is 0. The van der Waals surface area contributed by atoms with Crippen molar-refractivity contribution in [2.24, 2.45) is 5.92 Å². The van der Waals surface area contributed by atoms with Crippen LogP contribution in [-0.4, -0.2) is 29.9 Å². The average Bonchev–Trinajstić information content (AvgIpc) is 2.76. The smallest absolute Gasteiger partial charge is 0.416 e. The second kappa shape index (κ2) is 8.40. The van der Waals surface area contributed by atoms with Gasteiger partial charge in [-0.1, -0.05) is 6.07 Å². The van der Waals surface area contributed by atoms with Crippen LogP contribution in [0.25, 0.3) is 0 Å². The maximum absolute atomic E-state index is 13.3. The molecule has 0 N–H and O–H groups in total. The molecule has 1 amide bonds. The molecule has 1 saturated heterocycles. The summed E-state index contributed by atoms with van der Waals surface area (Å²) in [6.45, 7) is 1.34. The molecule has 28 heavy (non-hydrogen) atoms. The molecule has 0 aliphatic carbocycles. The van der Waals surface area contributed by atoms with Gasteiger partial charge in [-0.15, -0.1) is 0 Å². The highest BCUT2D eigenvalue weighted by molar-refractivity contribution is 5.79. The van der Waals surface area contributed by atoms with Gasteiger partial charge in [0.2, 0.25) is 5.91 Å². The summed E-state index contributed by atoms with van der Waals surface area (Å²) in [4.78, 5) is 25.2. The molecule has 1 aromatic rings. The van der Waals surface area contributed by atoms with Crippen LogP contribution in [0.15, 0.2) is 18.2 Å². The van der Waals surface area contributed by atoms with E-state index in [9.17, 15) is 35.9 Å². The highest BCUT2D eigenvalue weighted by Crippen LogP contribution is 2.38. The normalized spacial score (nSPS) is 18.8. The van der Waals surface area contributed by atoms with Gasteiger partial charge in [-0.3, -0.25) is 9.59 Å². The Labute approximate surface area is 157 Å². The Morgan fingerprint density at radius 2 is 1.82 bits per heavy atom. The zero-order valence-corrected chi connectivity index (χ0v) is 15.0. The topological polar surface area (TPSA) is 46.6 Å². The Kier molecular flexibility index (Phi) is 6.61. The maximum atomic E-state index is 13.3. The third kappa shape index (κ3) is 5.39. The van der Waals surface area contributed by atoms with E-state index in [2.05, 4.69) is 0 Å². The molecular formula is C18H19F6NO3. The fraction of sp³-hybridized carbons (Fsp3) is 0.556. The number of rotatable bonds is 4. The van der Waals surface area contributed by atoms with Crippen LogP contribution in [0.2, 0.25) is 0 Å². The number of alkyl halides is 6. The summed E-state index contributed by atoms with van der Waals surface area (Å²) in [5.41, 5.74) is -3.27. The molecule has 1 heterocycles. The van der Waals surface area contributed by atoms with Gasteiger partial charge in [0.25, 0.3) is 0 Å². The number of amides is 1. The summed E-state index contributed by atoms with van der Waals surface area (Å²) in [5.74, 6) is -1.47. The first-order chi connectivity index (χ1) is 12.9. The largest absolute Gasteiger partial charge is 0.466 e. The number of likely N-dealkylation sites (tertiary alicyclic amines) is 1. The van der Waals surface area contributed by atoms with Crippen LogP contribution >= 0.6 is 0 Å². The van der Waals surface area contributed by atoms with E-state index in [0.717, 1.165) is 11.0 Å². The molecule has 1 fully saturated rings. The number of ether oxygens (including phenoxy) is 1. The van der Waals surface area contributed by atoms with E-state index in [-0.39, 0.29) is 38.5 Å². The van der Waals surface area contributed by atoms with Crippen LogP contribution in [0.1, 0.15) is 42.9 Å².